The van der Waals surface area contributed by atoms with Crippen molar-refractivity contribution in [3.63, 3.8) is 0 Å². The molecule has 2 aliphatic rings. The van der Waals surface area contributed by atoms with Crippen LogP contribution >= 0.6 is 0 Å². The fourth-order valence-electron chi connectivity index (χ4n) is 2.71. The predicted octanol–water partition coefficient (Wildman–Crippen LogP) is 1.42. The molecule has 2 fully saturated rings. The van der Waals surface area contributed by atoms with Crippen LogP contribution in [-0.2, 0) is 14.2 Å². The molecule has 1 saturated heterocycles. The Morgan fingerprint density at radius 3 is 2.60 bits per heavy atom. The molecule has 1 atom stereocenters. The van der Waals surface area contributed by atoms with Crippen molar-refractivity contribution in [1.82, 2.24) is 5.32 Å². The van der Waals surface area contributed by atoms with Gasteiger partial charge in [-0.15, -0.1) is 0 Å². The summed E-state index contributed by atoms with van der Waals surface area (Å²) < 4.78 is 15.8. The Bertz CT molecular complexity index is 287. The molecule has 1 aliphatic carbocycles. The molecule has 116 valence electrons. The Kier molecular flexibility index (Phi) is 6.56. The van der Waals surface area contributed by atoms with Gasteiger partial charge in [0.2, 0.25) is 0 Å². The van der Waals surface area contributed by atoms with Gasteiger partial charge >= 0.3 is 6.09 Å². The molecule has 6 nitrogen and oxygen atoms in total. The third-order valence-corrected chi connectivity index (χ3v) is 3.89. The van der Waals surface area contributed by atoms with E-state index in [2.05, 4.69) is 5.32 Å². The van der Waals surface area contributed by atoms with E-state index in [1.165, 1.54) is 19.3 Å². The van der Waals surface area contributed by atoms with Crippen LogP contribution in [0.25, 0.3) is 0 Å². The number of ether oxygens (including phenoxy) is 3. The zero-order valence-corrected chi connectivity index (χ0v) is 11.9. The fraction of sp³-hybridized carbons (Fsp3) is 0.929. The predicted molar refractivity (Wildman–Crippen MR) is 72.2 cm³/mol. The second-order valence-electron chi connectivity index (χ2n) is 5.53. The number of carbonyl (C=O) groups excluding carboxylic acids is 1. The minimum Gasteiger partial charge on any atom is -0.449 e. The second kappa shape index (κ2) is 8.44. The highest BCUT2D eigenvalue weighted by atomic mass is 16.7. The van der Waals surface area contributed by atoms with Gasteiger partial charge in [0.1, 0.15) is 0 Å². The number of alkyl carbamates (subject to hydrolysis) is 1. The first kappa shape index (κ1) is 15.5. The molecular formula is C14H25NO5. The van der Waals surface area contributed by atoms with Gasteiger partial charge in [0.25, 0.3) is 0 Å². The lowest BCUT2D eigenvalue weighted by atomic mass is 9.90. The molecule has 1 heterocycles. The Morgan fingerprint density at radius 2 is 1.95 bits per heavy atom. The fourth-order valence-corrected chi connectivity index (χ4v) is 2.71. The van der Waals surface area contributed by atoms with Crippen LogP contribution < -0.4 is 5.32 Å². The van der Waals surface area contributed by atoms with Gasteiger partial charge < -0.3 is 24.6 Å². The maximum Gasteiger partial charge on any atom is 0.407 e. The van der Waals surface area contributed by atoms with Gasteiger partial charge in [-0.1, -0.05) is 19.3 Å². The number of hydrogen-bond donors (Lipinski definition) is 2. The van der Waals surface area contributed by atoms with E-state index in [0.29, 0.717) is 32.2 Å². The SMILES string of the molecule is O=C(NC(CO)CC1OCCO1)OCC1CCCCC1. The Hall–Kier alpha value is -0.850. The van der Waals surface area contributed by atoms with Crippen LogP contribution in [0.15, 0.2) is 0 Å². The molecule has 2 rings (SSSR count). The van der Waals surface area contributed by atoms with Gasteiger partial charge in [0.15, 0.2) is 6.29 Å². The minimum absolute atomic E-state index is 0.151. The van der Waals surface area contributed by atoms with Crippen molar-refractivity contribution < 1.29 is 24.1 Å². The van der Waals surface area contributed by atoms with Gasteiger partial charge in [-0.3, -0.25) is 0 Å². The minimum atomic E-state index is -0.465. The van der Waals surface area contributed by atoms with Crippen molar-refractivity contribution in [2.24, 2.45) is 5.92 Å². The van der Waals surface area contributed by atoms with Crippen LogP contribution in [0, 0.1) is 5.92 Å². The molecular weight excluding hydrogens is 262 g/mol. The normalized spacial score (nSPS) is 22.6. The molecule has 0 spiro atoms. The molecule has 1 unspecified atom stereocenters. The number of rotatable bonds is 6. The first-order chi connectivity index (χ1) is 9.78. The standard InChI is InChI=1S/C14H25NO5/c16-9-12(8-13-18-6-7-19-13)15-14(17)20-10-11-4-2-1-3-5-11/h11-13,16H,1-10H2,(H,15,17). The maximum atomic E-state index is 11.7. The Balaban J connectivity index is 1.63. The van der Waals surface area contributed by atoms with E-state index < -0.39 is 12.1 Å². The molecule has 0 aromatic carbocycles. The van der Waals surface area contributed by atoms with Gasteiger partial charge in [-0.25, -0.2) is 4.79 Å². The average Bonchev–Trinajstić information content (AvgIpc) is 2.98. The number of hydrogen-bond acceptors (Lipinski definition) is 5. The van der Waals surface area contributed by atoms with Crippen molar-refractivity contribution in [3.8, 4) is 0 Å². The highest BCUT2D eigenvalue weighted by Crippen LogP contribution is 2.23. The van der Waals surface area contributed by atoms with Gasteiger partial charge in [-0.2, -0.15) is 0 Å². The summed E-state index contributed by atoms with van der Waals surface area (Å²) in [6.07, 6.45) is 5.65. The molecule has 2 N–H and O–H groups in total. The molecule has 1 saturated carbocycles. The average molecular weight is 287 g/mol. The van der Waals surface area contributed by atoms with E-state index in [4.69, 9.17) is 14.2 Å². The maximum absolute atomic E-state index is 11.7. The molecule has 1 aliphatic heterocycles. The Labute approximate surface area is 119 Å². The van der Waals surface area contributed by atoms with Crippen molar-refractivity contribution in [1.29, 1.82) is 0 Å². The molecule has 1 amide bonds. The van der Waals surface area contributed by atoms with E-state index in [1.807, 2.05) is 0 Å². The van der Waals surface area contributed by atoms with Crippen LogP contribution in [0.3, 0.4) is 0 Å². The lowest BCUT2D eigenvalue weighted by Crippen LogP contribution is -2.40. The molecule has 0 radical (unpaired) electrons. The van der Waals surface area contributed by atoms with Crippen LogP contribution in [0.1, 0.15) is 38.5 Å². The van der Waals surface area contributed by atoms with E-state index >= 15 is 0 Å². The number of aliphatic hydroxyl groups excluding tert-OH is 1. The van der Waals surface area contributed by atoms with E-state index in [9.17, 15) is 9.90 Å². The molecule has 0 aromatic rings. The Morgan fingerprint density at radius 1 is 1.25 bits per heavy atom. The monoisotopic (exact) mass is 287 g/mol. The third-order valence-electron chi connectivity index (χ3n) is 3.89. The second-order valence-corrected chi connectivity index (χ2v) is 5.53. The van der Waals surface area contributed by atoms with Crippen LogP contribution in [0.2, 0.25) is 0 Å². The van der Waals surface area contributed by atoms with E-state index in [1.54, 1.807) is 0 Å². The molecule has 0 bridgehead atoms. The molecule has 6 heteroatoms. The largest absolute Gasteiger partial charge is 0.449 e. The number of amides is 1. The number of aliphatic hydroxyl groups is 1. The summed E-state index contributed by atoms with van der Waals surface area (Å²) in [5.41, 5.74) is 0. The molecule has 20 heavy (non-hydrogen) atoms. The lowest BCUT2D eigenvalue weighted by Gasteiger charge is -2.22. The summed E-state index contributed by atoms with van der Waals surface area (Å²) in [6.45, 7) is 1.45. The summed E-state index contributed by atoms with van der Waals surface area (Å²) >= 11 is 0. The zero-order chi connectivity index (χ0) is 14.2. The quantitative estimate of drug-likeness (QED) is 0.772. The van der Waals surface area contributed by atoms with E-state index in [0.717, 1.165) is 12.8 Å². The topological polar surface area (TPSA) is 77.0 Å². The summed E-state index contributed by atoms with van der Waals surface area (Å²) in [4.78, 5) is 11.7. The van der Waals surface area contributed by atoms with Crippen LogP contribution in [0.4, 0.5) is 4.79 Å². The van der Waals surface area contributed by atoms with Crippen LogP contribution in [0.5, 0.6) is 0 Å². The summed E-state index contributed by atoms with van der Waals surface area (Å²) in [5, 5.41) is 11.9. The lowest BCUT2D eigenvalue weighted by molar-refractivity contribution is -0.0556. The van der Waals surface area contributed by atoms with Gasteiger partial charge in [-0.05, 0) is 18.8 Å². The van der Waals surface area contributed by atoms with Gasteiger partial charge in [0, 0.05) is 6.42 Å². The first-order valence-corrected chi connectivity index (χ1v) is 7.55. The molecule has 0 aromatic heterocycles. The smallest absolute Gasteiger partial charge is 0.407 e. The van der Waals surface area contributed by atoms with E-state index in [-0.39, 0.29) is 12.9 Å². The number of carbonyl (C=O) groups is 1. The van der Waals surface area contributed by atoms with Crippen molar-refractivity contribution in [2.45, 2.75) is 50.9 Å². The highest BCUT2D eigenvalue weighted by Gasteiger charge is 2.23. The zero-order valence-electron chi connectivity index (χ0n) is 11.9. The number of nitrogens with one attached hydrogen (secondary N) is 1. The van der Waals surface area contributed by atoms with Crippen molar-refractivity contribution in [3.05, 3.63) is 0 Å². The van der Waals surface area contributed by atoms with Gasteiger partial charge in [0.05, 0.1) is 32.5 Å². The van der Waals surface area contributed by atoms with Crippen molar-refractivity contribution in [2.75, 3.05) is 26.4 Å². The summed E-state index contributed by atoms with van der Waals surface area (Å²) in [6, 6.07) is -0.392. The summed E-state index contributed by atoms with van der Waals surface area (Å²) in [5.74, 6) is 0.489. The first-order valence-electron chi connectivity index (χ1n) is 7.55. The highest BCUT2D eigenvalue weighted by molar-refractivity contribution is 5.67. The van der Waals surface area contributed by atoms with Crippen LogP contribution in [-0.4, -0.2) is 50.0 Å². The summed E-state index contributed by atoms with van der Waals surface area (Å²) in [7, 11) is 0. The van der Waals surface area contributed by atoms with Crippen molar-refractivity contribution >= 4 is 6.09 Å². The third kappa shape index (κ3) is 5.26.